The molecule has 1 unspecified atom stereocenters. The molecule has 0 radical (unpaired) electrons. The molecule has 0 aliphatic carbocycles. The van der Waals surface area contributed by atoms with Crippen LogP contribution in [0, 0.1) is 0 Å². The van der Waals surface area contributed by atoms with Crippen LogP contribution >= 0.6 is 0 Å². The number of hydrogen-bond donors (Lipinski definition) is 3. The molecule has 0 aromatic rings. The number of rotatable bonds is 4. The predicted octanol–water partition coefficient (Wildman–Crippen LogP) is -1.52. The molecular formula is C8H16N4O2. The van der Waals surface area contributed by atoms with Crippen LogP contribution in [0.25, 0.3) is 0 Å². The molecule has 0 spiro atoms. The smallest absolute Gasteiger partial charge is 0.312 e. The topological polar surface area (TPSA) is 87.5 Å². The summed E-state index contributed by atoms with van der Waals surface area (Å²) < 4.78 is 0. The highest BCUT2D eigenvalue weighted by molar-refractivity contribution is 5.84. The molecule has 4 N–H and O–H groups in total. The van der Waals surface area contributed by atoms with Gasteiger partial charge in [0.05, 0.1) is 6.04 Å². The van der Waals surface area contributed by atoms with E-state index in [0.717, 1.165) is 13.0 Å². The molecule has 3 amide bonds. The van der Waals surface area contributed by atoms with Crippen LogP contribution in [-0.4, -0.2) is 49.6 Å². The van der Waals surface area contributed by atoms with Crippen LogP contribution in [-0.2, 0) is 4.79 Å². The van der Waals surface area contributed by atoms with E-state index in [1.807, 2.05) is 0 Å². The Kier molecular flexibility index (Phi) is 3.70. The average molecular weight is 200 g/mol. The Morgan fingerprint density at radius 3 is 2.93 bits per heavy atom. The van der Waals surface area contributed by atoms with Crippen molar-refractivity contribution in [2.24, 2.45) is 5.73 Å². The van der Waals surface area contributed by atoms with E-state index in [4.69, 9.17) is 5.73 Å². The Morgan fingerprint density at radius 1 is 1.71 bits per heavy atom. The summed E-state index contributed by atoms with van der Waals surface area (Å²) in [4.78, 5) is 23.6. The van der Waals surface area contributed by atoms with Crippen LogP contribution < -0.4 is 16.4 Å². The van der Waals surface area contributed by atoms with Crippen LogP contribution in [0.3, 0.4) is 0 Å². The first-order chi connectivity index (χ1) is 6.65. The normalized spacial score (nSPS) is 21.4. The summed E-state index contributed by atoms with van der Waals surface area (Å²) in [6.07, 6.45) is 0.825. The quantitative estimate of drug-likeness (QED) is 0.515. The maximum atomic E-state index is 11.5. The molecule has 1 rings (SSSR count). The molecule has 1 heterocycles. The van der Waals surface area contributed by atoms with Crippen molar-refractivity contribution in [3.63, 3.8) is 0 Å². The fourth-order valence-corrected chi connectivity index (χ4v) is 1.54. The molecule has 0 bridgehead atoms. The number of carbonyl (C=O) groups is 2. The molecule has 0 saturated carbocycles. The van der Waals surface area contributed by atoms with Crippen LogP contribution in [0.15, 0.2) is 0 Å². The van der Waals surface area contributed by atoms with Crippen molar-refractivity contribution in [2.75, 3.05) is 26.7 Å². The zero-order valence-corrected chi connectivity index (χ0v) is 8.25. The first kappa shape index (κ1) is 10.8. The van der Waals surface area contributed by atoms with E-state index in [9.17, 15) is 9.59 Å². The number of amides is 3. The van der Waals surface area contributed by atoms with Crippen LogP contribution in [0.2, 0.25) is 0 Å². The highest BCUT2D eigenvalue weighted by atomic mass is 16.2. The second-order valence-corrected chi connectivity index (χ2v) is 3.25. The van der Waals surface area contributed by atoms with Gasteiger partial charge in [-0.15, -0.1) is 0 Å². The number of carbonyl (C=O) groups excluding carboxylic acids is 2. The van der Waals surface area contributed by atoms with Gasteiger partial charge in [0.15, 0.2) is 0 Å². The molecular weight excluding hydrogens is 184 g/mol. The molecule has 14 heavy (non-hydrogen) atoms. The lowest BCUT2D eigenvalue weighted by atomic mass is 10.3. The standard InChI is InChI=1S/C8H16N4O2/c1-10-6-2-4-12(7(6)13)5-3-11-8(9)14/h6,10H,2-5H2,1H3,(H3,9,11,14). The number of nitrogens with one attached hydrogen (secondary N) is 2. The fraction of sp³-hybridized carbons (Fsp3) is 0.750. The van der Waals surface area contributed by atoms with E-state index in [0.29, 0.717) is 13.1 Å². The van der Waals surface area contributed by atoms with E-state index in [-0.39, 0.29) is 11.9 Å². The molecule has 0 aromatic heterocycles. The predicted molar refractivity (Wildman–Crippen MR) is 51.6 cm³/mol. The molecule has 1 aliphatic rings. The third-order valence-corrected chi connectivity index (χ3v) is 2.33. The third kappa shape index (κ3) is 2.59. The minimum atomic E-state index is -0.554. The molecule has 1 aliphatic heterocycles. The summed E-state index contributed by atoms with van der Waals surface area (Å²) in [7, 11) is 1.77. The lowest BCUT2D eigenvalue weighted by Crippen LogP contribution is -2.41. The molecule has 1 fully saturated rings. The van der Waals surface area contributed by atoms with E-state index in [1.165, 1.54) is 0 Å². The lowest BCUT2D eigenvalue weighted by Gasteiger charge is -2.16. The van der Waals surface area contributed by atoms with Crippen molar-refractivity contribution < 1.29 is 9.59 Å². The van der Waals surface area contributed by atoms with Gasteiger partial charge in [0.1, 0.15) is 0 Å². The summed E-state index contributed by atoms with van der Waals surface area (Å²) in [5, 5.41) is 5.39. The van der Waals surface area contributed by atoms with Gasteiger partial charge < -0.3 is 21.3 Å². The summed E-state index contributed by atoms with van der Waals surface area (Å²) in [6, 6.07) is -0.620. The maximum absolute atomic E-state index is 11.5. The number of nitrogens with two attached hydrogens (primary N) is 1. The summed E-state index contributed by atoms with van der Waals surface area (Å²) in [5.41, 5.74) is 4.90. The van der Waals surface area contributed by atoms with Gasteiger partial charge in [-0.2, -0.15) is 0 Å². The van der Waals surface area contributed by atoms with Crippen molar-refractivity contribution in [3.8, 4) is 0 Å². The first-order valence-electron chi connectivity index (χ1n) is 4.64. The highest BCUT2D eigenvalue weighted by Crippen LogP contribution is 2.09. The Balaban J connectivity index is 2.26. The number of nitrogens with zero attached hydrogens (tertiary/aromatic N) is 1. The Morgan fingerprint density at radius 2 is 2.43 bits per heavy atom. The molecule has 1 atom stereocenters. The van der Waals surface area contributed by atoms with Gasteiger partial charge in [0.25, 0.3) is 0 Å². The van der Waals surface area contributed by atoms with E-state index in [2.05, 4.69) is 10.6 Å². The van der Waals surface area contributed by atoms with Crippen LogP contribution in [0.4, 0.5) is 4.79 Å². The van der Waals surface area contributed by atoms with Crippen LogP contribution in [0.1, 0.15) is 6.42 Å². The second kappa shape index (κ2) is 4.80. The molecule has 6 nitrogen and oxygen atoms in total. The Bertz CT molecular complexity index is 231. The summed E-state index contributed by atoms with van der Waals surface area (Å²) in [5.74, 6) is 0.0961. The number of primary amides is 1. The van der Waals surface area contributed by atoms with E-state index in [1.54, 1.807) is 11.9 Å². The zero-order valence-electron chi connectivity index (χ0n) is 8.25. The minimum Gasteiger partial charge on any atom is -0.352 e. The second-order valence-electron chi connectivity index (χ2n) is 3.25. The maximum Gasteiger partial charge on any atom is 0.312 e. The minimum absolute atomic E-state index is 0.0661. The van der Waals surface area contributed by atoms with Gasteiger partial charge in [-0.25, -0.2) is 4.79 Å². The molecule has 6 heteroatoms. The molecule has 0 aromatic carbocycles. The summed E-state index contributed by atoms with van der Waals surface area (Å²) >= 11 is 0. The third-order valence-electron chi connectivity index (χ3n) is 2.33. The van der Waals surface area contributed by atoms with Crippen molar-refractivity contribution in [2.45, 2.75) is 12.5 Å². The average Bonchev–Trinajstić information content (AvgIpc) is 2.47. The highest BCUT2D eigenvalue weighted by Gasteiger charge is 2.29. The van der Waals surface area contributed by atoms with Crippen molar-refractivity contribution >= 4 is 11.9 Å². The number of likely N-dealkylation sites (N-methyl/N-ethyl adjacent to an activating group) is 1. The van der Waals surface area contributed by atoms with Crippen molar-refractivity contribution in [3.05, 3.63) is 0 Å². The van der Waals surface area contributed by atoms with Gasteiger partial charge in [0.2, 0.25) is 5.91 Å². The molecule has 1 saturated heterocycles. The lowest BCUT2D eigenvalue weighted by molar-refractivity contribution is -0.129. The summed E-state index contributed by atoms with van der Waals surface area (Å²) in [6.45, 7) is 1.68. The molecule has 80 valence electrons. The SMILES string of the molecule is CNC1CCN(CCNC(N)=O)C1=O. The number of hydrogen-bond acceptors (Lipinski definition) is 3. The number of urea groups is 1. The van der Waals surface area contributed by atoms with E-state index >= 15 is 0 Å². The van der Waals surface area contributed by atoms with Crippen LogP contribution in [0.5, 0.6) is 0 Å². The monoisotopic (exact) mass is 200 g/mol. The Hall–Kier alpha value is -1.30. The fourth-order valence-electron chi connectivity index (χ4n) is 1.54. The zero-order chi connectivity index (χ0) is 10.6. The van der Waals surface area contributed by atoms with E-state index < -0.39 is 6.03 Å². The van der Waals surface area contributed by atoms with Gasteiger partial charge >= 0.3 is 6.03 Å². The van der Waals surface area contributed by atoms with Gasteiger partial charge in [0, 0.05) is 19.6 Å². The Labute approximate surface area is 82.8 Å². The number of likely N-dealkylation sites (tertiary alicyclic amines) is 1. The van der Waals surface area contributed by atoms with Gasteiger partial charge in [-0.05, 0) is 13.5 Å². The van der Waals surface area contributed by atoms with Crippen molar-refractivity contribution in [1.82, 2.24) is 15.5 Å². The van der Waals surface area contributed by atoms with Gasteiger partial charge in [-0.3, -0.25) is 4.79 Å². The van der Waals surface area contributed by atoms with Crippen molar-refractivity contribution in [1.29, 1.82) is 0 Å². The van der Waals surface area contributed by atoms with Gasteiger partial charge in [-0.1, -0.05) is 0 Å². The largest absolute Gasteiger partial charge is 0.352 e. The first-order valence-corrected chi connectivity index (χ1v) is 4.64.